The van der Waals surface area contributed by atoms with Crippen LogP contribution >= 0.6 is 38.6 Å². The molecule has 19 heavy (non-hydrogen) atoms. The molecule has 0 saturated carbocycles. The minimum Gasteiger partial charge on any atom is -0.368 e. The number of hydrogen-bond acceptors (Lipinski definition) is 5. The van der Waals surface area contributed by atoms with Gasteiger partial charge in [0.25, 0.3) is 0 Å². The van der Waals surface area contributed by atoms with E-state index in [1.54, 1.807) is 29.0 Å². The summed E-state index contributed by atoms with van der Waals surface area (Å²) in [5.41, 5.74) is 2.27. The molecular formula is C13H12BrN3S2. The van der Waals surface area contributed by atoms with Crippen molar-refractivity contribution in [2.45, 2.75) is 13.3 Å². The summed E-state index contributed by atoms with van der Waals surface area (Å²) < 4.78 is 2.33. The molecule has 3 aromatic rings. The first-order valence-corrected chi connectivity index (χ1v) is 8.40. The molecule has 0 saturated heterocycles. The van der Waals surface area contributed by atoms with Crippen molar-refractivity contribution in [2.75, 3.05) is 11.9 Å². The smallest absolute Gasteiger partial charge is 0.147 e. The largest absolute Gasteiger partial charge is 0.368 e. The van der Waals surface area contributed by atoms with Gasteiger partial charge in [0.15, 0.2) is 0 Å². The van der Waals surface area contributed by atoms with Gasteiger partial charge >= 0.3 is 0 Å². The molecule has 3 nitrogen and oxygen atoms in total. The van der Waals surface area contributed by atoms with E-state index in [1.807, 2.05) is 0 Å². The Labute approximate surface area is 127 Å². The van der Waals surface area contributed by atoms with E-state index in [0.717, 1.165) is 29.0 Å². The summed E-state index contributed by atoms with van der Waals surface area (Å²) in [6, 6.07) is 4.24. The first-order valence-electron chi connectivity index (χ1n) is 5.91. The van der Waals surface area contributed by atoms with Crippen LogP contribution in [-0.4, -0.2) is 16.5 Å². The van der Waals surface area contributed by atoms with Crippen LogP contribution in [0, 0.1) is 6.92 Å². The molecule has 98 valence electrons. The average Bonchev–Trinajstić information content (AvgIpc) is 2.98. The highest BCUT2D eigenvalue weighted by Gasteiger charge is 2.07. The maximum atomic E-state index is 4.34. The van der Waals surface area contributed by atoms with Crippen LogP contribution in [0.3, 0.4) is 0 Å². The van der Waals surface area contributed by atoms with Crippen LogP contribution in [0.15, 0.2) is 27.6 Å². The molecule has 3 aromatic heterocycles. The summed E-state index contributed by atoms with van der Waals surface area (Å²) in [5.74, 6) is 0.943. The molecule has 0 unspecified atom stereocenters. The minimum atomic E-state index is 0.885. The van der Waals surface area contributed by atoms with Crippen LogP contribution in [0.4, 0.5) is 5.82 Å². The lowest BCUT2D eigenvalue weighted by molar-refractivity contribution is 1.03. The molecule has 0 aliphatic heterocycles. The molecule has 0 atom stereocenters. The van der Waals surface area contributed by atoms with Gasteiger partial charge in [-0.1, -0.05) is 0 Å². The predicted molar refractivity (Wildman–Crippen MR) is 86.4 cm³/mol. The lowest BCUT2D eigenvalue weighted by Crippen LogP contribution is -2.05. The molecular weight excluding hydrogens is 342 g/mol. The zero-order valence-electron chi connectivity index (χ0n) is 10.3. The number of aryl methyl sites for hydroxylation is 1. The molecule has 3 rings (SSSR count). The minimum absolute atomic E-state index is 0.885. The van der Waals surface area contributed by atoms with Crippen LogP contribution in [-0.2, 0) is 6.42 Å². The summed E-state index contributed by atoms with van der Waals surface area (Å²) >= 11 is 6.96. The van der Waals surface area contributed by atoms with Crippen molar-refractivity contribution in [2.24, 2.45) is 0 Å². The van der Waals surface area contributed by atoms with Crippen molar-refractivity contribution in [3.05, 3.63) is 38.1 Å². The van der Waals surface area contributed by atoms with E-state index >= 15 is 0 Å². The van der Waals surface area contributed by atoms with Gasteiger partial charge in [0, 0.05) is 11.4 Å². The van der Waals surface area contributed by atoms with Crippen LogP contribution in [0.25, 0.3) is 10.2 Å². The first kappa shape index (κ1) is 13.0. The quantitative estimate of drug-likeness (QED) is 0.751. The standard InChI is InChI=1S/C13H12BrN3S2/c1-8-6-18-12-11(8)16-7-17-13(12)15-5-4-9-2-3-10(14)19-9/h2-3,6-7H,4-5H2,1H3,(H,15,16,17). The molecule has 6 heteroatoms. The second-order valence-electron chi connectivity index (χ2n) is 4.20. The predicted octanol–water partition coefficient (Wildman–Crippen LogP) is 4.48. The van der Waals surface area contributed by atoms with Gasteiger partial charge in [-0.15, -0.1) is 22.7 Å². The Balaban J connectivity index is 1.71. The lowest BCUT2D eigenvalue weighted by Gasteiger charge is -2.05. The number of hydrogen-bond donors (Lipinski definition) is 1. The van der Waals surface area contributed by atoms with E-state index in [9.17, 15) is 0 Å². The van der Waals surface area contributed by atoms with Gasteiger partial charge in [0.1, 0.15) is 12.1 Å². The second kappa shape index (κ2) is 5.56. The van der Waals surface area contributed by atoms with Crippen LogP contribution in [0.2, 0.25) is 0 Å². The van der Waals surface area contributed by atoms with E-state index in [2.05, 4.69) is 55.7 Å². The number of nitrogens with zero attached hydrogens (tertiary/aromatic N) is 2. The van der Waals surface area contributed by atoms with Gasteiger partial charge in [-0.2, -0.15) is 0 Å². The van der Waals surface area contributed by atoms with Gasteiger partial charge in [0.05, 0.1) is 14.0 Å². The molecule has 0 aliphatic rings. The summed E-state index contributed by atoms with van der Waals surface area (Å²) in [4.78, 5) is 10.0. The van der Waals surface area contributed by atoms with E-state index in [0.29, 0.717) is 0 Å². The Kier molecular flexibility index (Phi) is 3.81. The normalized spacial score (nSPS) is 11.1. The Morgan fingerprint density at radius 1 is 1.32 bits per heavy atom. The highest BCUT2D eigenvalue weighted by molar-refractivity contribution is 9.11. The maximum absolute atomic E-state index is 4.34. The van der Waals surface area contributed by atoms with Crippen LogP contribution in [0.1, 0.15) is 10.4 Å². The zero-order chi connectivity index (χ0) is 13.2. The Morgan fingerprint density at radius 2 is 2.21 bits per heavy atom. The highest BCUT2D eigenvalue weighted by Crippen LogP contribution is 2.28. The Morgan fingerprint density at radius 3 is 3.00 bits per heavy atom. The topological polar surface area (TPSA) is 37.8 Å². The zero-order valence-corrected chi connectivity index (χ0v) is 13.5. The van der Waals surface area contributed by atoms with Crippen molar-refractivity contribution in [3.8, 4) is 0 Å². The number of halogens is 1. The van der Waals surface area contributed by atoms with Crippen molar-refractivity contribution < 1.29 is 0 Å². The molecule has 0 spiro atoms. The summed E-state index contributed by atoms with van der Waals surface area (Å²) in [5, 5.41) is 5.54. The van der Waals surface area contributed by atoms with Crippen LogP contribution in [0.5, 0.6) is 0 Å². The maximum Gasteiger partial charge on any atom is 0.147 e. The first-order chi connectivity index (χ1) is 9.24. The lowest BCUT2D eigenvalue weighted by atomic mass is 10.3. The van der Waals surface area contributed by atoms with E-state index in [1.165, 1.54) is 14.2 Å². The molecule has 1 N–H and O–H groups in total. The van der Waals surface area contributed by atoms with Crippen LogP contribution < -0.4 is 5.32 Å². The summed E-state index contributed by atoms with van der Waals surface area (Å²) in [6.45, 7) is 2.97. The number of aromatic nitrogens is 2. The number of fused-ring (bicyclic) bond motifs is 1. The summed E-state index contributed by atoms with van der Waals surface area (Å²) in [6.07, 6.45) is 2.64. The molecule has 0 aromatic carbocycles. The molecule has 0 radical (unpaired) electrons. The third-order valence-electron chi connectivity index (χ3n) is 2.82. The number of nitrogens with one attached hydrogen (secondary N) is 1. The molecule has 0 fully saturated rings. The van der Waals surface area contributed by atoms with Crippen molar-refractivity contribution in [1.82, 2.24) is 9.97 Å². The van der Waals surface area contributed by atoms with Crippen molar-refractivity contribution in [1.29, 1.82) is 0 Å². The molecule has 3 heterocycles. The fraction of sp³-hybridized carbons (Fsp3) is 0.231. The average molecular weight is 354 g/mol. The fourth-order valence-corrected chi connectivity index (χ4v) is 4.34. The van der Waals surface area contributed by atoms with Gasteiger partial charge in [0.2, 0.25) is 0 Å². The molecule has 0 bridgehead atoms. The van der Waals surface area contributed by atoms with E-state index < -0.39 is 0 Å². The van der Waals surface area contributed by atoms with E-state index in [4.69, 9.17) is 0 Å². The van der Waals surface area contributed by atoms with Crippen molar-refractivity contribution in [3.63, 3.8) is 0 Å². The number of rotatable bonds is 4. The highest BCUT2D eigenvalue weighted by atomic mass is 79.9. The second-order valence-corrected chi connectivity index (χ2v) is 7.63. The van der Waals surface area contributed by atoms with Gasteiger partial charge in [-0.25, -0.2) is 9.97 Å². The fourth-order valence-electron chi connectivity index (χ4n) is 1.89. The number of thiophene rings is 2. The Bertz CT molecular complexity index is 705. The molecule has 0 aliphatic carbocycles. The SMILES string of the molecule is Cc1csc2c(NCCc3ccc(Br)s3)ncnc12. The third-order valence-corrected chi connectivity index (χ3v) is 5.60. The van der Waals surface area contributed by atoms with Gasteiger partial charge < -0.3 is 5.32 Å². The van der Waals surface area contributed by atoms with E-state index in [-0.39, 0.29) is 0 Å². The monoisotopic (exact) mass is 353 g/mol. The molecule has 0 amide bonds. The van der Waals surface area contributed by atoms with Gasteiger partial charge in [-0.3, -0.25) is 0 Å². The summed E-state index contributed by atoms with van der Waals surface area (Å²) in [7, 11) is 0. The van der Waals surface area contributed by atoms with Gasteiger partial charge in [-0.05, 0) is 52.4 Å². The van der Waals surface area contributed by atoms with Crippen molar-refractivity contribution >= 4 is 54.6 Å². The number of anilines is 1. The third kappa shape index (κ3) is 2.80. The Hall–Kier alpha value is -0.980.